The van der Waals surface area contributed by atoms with Gasteiger partial charge in [-0.25, -0.2) is 4.98 Å². The van der Waals surface area contributed by atoms with E-state index in [1.165, 1.54) is 0 Å². The van der Waals surface area contributed by atoms with Crippen LogP contribution in [-0.4, -0.2) is 17.4 Å². The van der Waals surface area contributed by atoms with E-state index in [4.69, 9.17) is 7.85 Å². The second-order valence-electron chi connectivity index (χ2n) is 3.64. The Bertz CT molecular complexity index is 560. The molecule has 0 aliphatic carbocycles. The molecule has 1 aromatic heterocycles. The number of aryl methyl sites for hydroxylation is 1. The standard InChI is InChI=1S/C11H11BN2O/c1-7(12)10-11(15)14(2)9-6-4-3-5-8(9)13-10/h3-7H,1-2H3. The third kappa shape index (κ3) is 1.56. The first-order chi connectivity index (χ1) is 7.11. The van der Waals surface area contributed by atoms with E-state index >= 15 is 0 Å². The first-order valence-corrected chi connectivity index (χ1v) is 4.82. The van der Waals surface area contributed by atoms with Crippen molar-refractivity contribution in [2.24, 2.45) is 7.05 Å². The maximum atomic E-state index is 11.8. The van der Waals surface area contributed by atoms with Gasteiger partial charge in [0.2, 0.25) is 0 Å². The molecule has 3 nitrogen and oxygen atoms in total. The predicted molar refractivity (Wildman–Crippen MR) is 61.2 cm³/mol. The average molecular weight is 198 g/mol. The lowest BCUT2D eigenvalue weighted by Crippen LogP contribution is -2.24. The SMILES string of the molecule is [B]C(C)c1nc2ccccc2n(C)c1=O. The van der Waals surface area contributed by atoms with Gasteiger partial charge >= 0.3 is 0 Å². The monoisotopic (exact) mass is 198 g/mol. The fourth-order valence-electron chi connectivity index (χ4n) is 1.60. The van der Waals surface area contributed by atoms with Crippen molar-refractivity contribution >= 4 is 18.9 Å². The Kier molecular flexibility index (Phi) is 2.35. The Labute approximate surface area is 89.2 Å². The molecule has 0 bridgehead atoms. The molecular weight excluding hydrogens is 187 g/mol. The summed E-state index contributed by atoms with van der Waals surface area (Å²) >= 11 is 0. The van der Waals surface area contributed by atoms with E-state index in [-0.39, 0.29) is 11.4 Å². The molecule has 0 amide bonds. The lowest BCUT2D eigenvalue weighted by molar-refractivity contribution is 0.838. The van der Waals surface area contributed by atoms with Gasteiger partial charge in [0.1, 0.15) is 5.69 Å². The molecule has 15 heavy (non-hydrogen) atoms. The van der Waals surface area contributed by atoms with Crippen LogP contribution in [0.5, 0.6) is 0 Å². The number of fused-ring (bicyclic) bond motifs is 1. The highest BCUT2D eigenvalue weighted by Gasteiger charge is 2.10. The maximum Gasteiger partial charge on any atom is 0.271 e. The van der Waals surface area contributed by atoms with Crippen LogP contribution in [0.25, 0.3) is 11.0 Å². The summed E-state index contributed by atoms with van der Waals surface area (Å²) in [6, 6.07) is 7.52. The topological polar surface area (TPSA) is 34.9 Å². The summed E-state index contributed by atoms with van der Waals surface area (Å²) < 4.78 is 1.58. The minimum absolute atomic E-state index is 0.122. The van der Waals surface area contributed by atoms with Crippen LogP contribution in [0.2, 0.25) is 0 Å². The van der Waals surface area contributed by atoms with Gasteiger partial charge in [0.15, 0.2) is 0 Å². The van der Waals surface area contributed by atoms with Crippen molar-refractivity contribution in [2.75, 3.05) is 0 Å². The number of aromatic nitrogens is 2. The van der Waals surface area contributed by atoms with Gasteiger partial charge in [-0.05, 0) is 17.9 Å². The molecule has 0 N–H and O–H groups in total. The van der Waals surface area contributed by atoms with Crippen LogP contribution in [0, 0.1) is 0 Å². The molecule has 2 aromatic rings. The minimum atomic E-state index is -0.340. The summed E-state index contributed by atoms with van der Waals surface area (Å²) in [5.41, 5.74) is 1.92. The third-order valence-electron chi connectivity index (χ3n) is 2.44. The summed E-state index contributed by atoms with van der Waals surface area (Å²) in [5.74, 6) is -0.340. The zero-order valence-electron chi connectivity index (χ0n) is 8.77. The average Bonchev–Trinajstić information content (AvgIpc) is 2.23. The van der Waals surface area contributed by atoms with Crippen LogP contribution < -0.4 is 5.56 Å². The molecule has 2 rings (SSSR count). The highest BCUT2D eigenvalue weighted by atomic mass is 16.1. The smallest absolute Gasteiger partial charge is 0.271 e. The molecule has 74 valence electrons. The summed E-state index contributed by atoms with van der Waals surface area (Å²) in [7, 11) is 7.43. The minimum Gasteiger partial charge on any atom is -0.308 e. The number of nitrogens with zero attached hydrogens (tertiary/aromatic N) is 2. The Morgan fingerprint density at radius 3 is 2.73 bits per heavy atom. The predicted octanol–water partition coefficient (Wildman–Crippen LogP) is 1.16. The number of para-hydroxylation sites is 2. The molecule has 4 heteroatoms. The van der Waals surface area contributed by atoms with Crippen molar-refractivity contribution in [1.82, 2.24) is 9.55 Å². The van der Waals surface area contributed by atoms with Crippen molar-refractivity contribution in [3.05, 3.63) is 40.3 Å². The molecule has 0 aliphatic rings. The fraction of sp³-hybridized carbons (Fsp3) is 0.273. The van der Waals surface area contributed by atoms with Crippen LogP contribution in [0.3, 0.4) is 0 Å². The van der Waals surface area contributed by atoms with Crippen LogP contribution in [0.4, 0.5) is 0 Å². The van der Waals surface area contributed by atoms with Gasteiger partial charge in [-0.15, -0.1) is 0 Å². The van der Waals surface area contributed by atoms with Crippen molar-refractivity contribution in [3.63, 3.8) is 0 Å². The van der Waals surface area contributed by atoms with Gasteiger partial charge in [0.05, 0.1) is 18.9 Å². The first kappa shape index (κ1) is 9.96. The Balaban J connectivity index is 2.89. The molecule has 0 spiro atoms. The Morgan fingerprint density at radius 2 is 2.07 bits per heavy atom. The Hall–Kier alpha value is -1.58. The van der Waals surface area contributed by atoms with Gasteiger partial charge < -0.3 is 4.57 Å². The summed E-state index contributed by atoms with van der Waals surface area (Å²) in [6.07, 6.45) is 0. The number of rotatable bonds is 1. The fourth-order valence-corrected chi connectivity index (χ4v) is 1.60. The molecule has 0 saturated heterocycles. The summed E-state index contributed by atoms with van der Waals surface area (Å²) in [5, 5.41) is 0. The van der Waals surface area contributed by atoms with E-state index in [1.54, 1.807) is 18.5 Å². The van der Waals surface area contributed by atoms with Crippen LogP contribution in [0.1, 0.15) is 18.4 Å². The molecule has 1 aromatic carbocycles. The highest BCUT2D eigenvalue weighted by molar-refractivity contribution is 6.11. The molecule has 0 fully saturated rings. The van der Waals surface area contributed by atoms with Crippen molar-refractivity contribution in [3.8, 4) is 0 Å². The normalized spacial score (nSPS) is 12.9. The highest BCUT2D eigenvalue weighted by Crippen LogP contribution is 2.11. The van der Waals surface area contributed by atoms with Crippen molar-refractivity contribution in [2.45, 2.75) is 12.7 Å². The van der Waals surface area contributed by atoms with Gasteiger partial charge in [-0.2, -0.15) is 0 Å². The molecule has 2 radical (unpaired) electrons. The van der Waals surface area contributed by atoms with E-state index in [0.717, 1.165) is 11.0 Å². The second-order valence-corrected chi connectivity index (χ2v) is 3.64. The molecular formula is C11H11BN2O. The Morgan fingerprint density at radius 1 is 1.40 bits per heavy atom. The molecule has 1 atom stereocenters. The zero-order chi connectivity index (χ0) is 11.0. The second kappa shape index (κ2) is 3.53. The summed E-state index contributed by atoms with van der Waals surface area (Å²) in [6.45, 7) is 1.76. The van der Waals surface area contributed by atoms with E-state index in [1.807, 2.05) is 24.3 Å². The van der Waals surface area contributed by atoms with Gasteiger partial charge in [0, 0.05) is 7.05 Å². The first-order valence-electron chi connectivity index (χ1n) is 4.82. The maximum absolute atomic E-state index is 11.8. The van der Waals surface area contributed by atoms with Crippen molar-refractivity contribution in [1.29, 1.82) is 0 Å². The van der Waals surface area contributed by atoms with Crippen LogP contribution in [0.15, 0.2) is 29.1 Å². The van der Waals surface area contributed by atoms with Gasteiger partial charge in [0.25, 0.3) is 5.56 Å². The molecule has 0 aliphatic heterocycles. The van der Waals surface area contributed by atoms with E-state index in [2.05, 4.69) is 4.98 Å². The largest absolute Gasteiger partial charge is 0.308 e. The van der Waals surface area contributed by atoms with E-state index in [9.17, 15) is 4.79 Å². The van der Waals surface area contributed by atoms with Gasteiger partial charge in [-0.3, -0.25) is 4.79 Å². The summed E-state index contributed by atoms with van der Waals surface area (Å²) in [4.78, 5) is 16.1. The van der Waals surface area contributed by atoms with Crippen LogP contribution in [-0.2, 0) is 7.05 Å². The zero-order valence-corrected chi connectivity index (χ0v) is 8.77. The van der Waals surface area contributed by atoms with Crippen molar-refractivity contribution < 1.29 is 0 Å². The van der Waals surface area contributed by atoms with E-state index < -0.39 is 0 Å². The van der Waals surface area contributed by atoms with Gasteiger partial charge in [-0.1, -0.05) is 19.1 Å². The lowest BCUT2D eigenvalue weighted by Gasteiger charge is -2.09. The molecule has 0 saturated carbocycles. The third-order valence-corrected chi connectivity index (χ3v) is 2.44. The molecule has 1 unspecified atom stereocenters. The number of benzene rings is 1. The van der Waals surface area contributed by atoms with Crippen LogP contribution >= 0.6 is 0 Å². The number of hydrogen-bond donors (Lipinski definition) is 0. The quantitative estimate of drug-likeness (QED) is 0.644. The lowest BCUT2D eigenvalue weighted by atomic mass is 9.86. The molecule has 1 heterocycles. The van der Waals surface area contributed by atoms with E-state index in [0.29, 0.717) is 5.69 Å². The number of hydrogen-bond acceptors (Lipinski definition) is 2.